The second kappa shape index (κ2) is 4.34. The van der Waals surface area contributed by atoms with Gasteiger partial charge in [0.25, 0.3) is 0 Å². The molecule has 0 aromatic heterocycles. The lowest BCUT2D eigenvalue weighted by atomic mass is 9.45. The number of hydrogen-bond acceptors (Lipinski definition) is 4. The van der Waals surface area contributed by atoms with Crippen molar-refractivity contribution in [3.8, 4) is 0 Å². The summed E-state index contributed by atoms with van der Waals surface area (Å²) in [5, 5.41) is 9.57. The molecule has 4 nitrogen and oxygen atoms in total. The van der Waals surface area contributed by atoms with Crippen molar-refractivity contribution in [3.63, 3.8) is 0 Å². The van der Waals surface area contributed by atoms with Crippen molar-refractivity contribution in [3.05, 3.63) is 23.0 Å². The number of ether oxygens (including phenoxy) is 2. The van der Waals surface area contributed by atoms with Gasteiger partial charge < -0.3 is 14.6 Å². The topological polar surface area (TPSA) is 59.1 Å². The maximum Gasteiger partial charge on any atom is 0.342 e. The fourth-order valence-electron chi connectivity index (χ4n) is 6.78. The lowest BCUT2D eigenvalue weighted by Gasteiger charge is -2.59. The van der Waals surface area contributed by atoms with Crippen LogP contribution >= 0.6 is 0 Å². The van der Waals surface area contributed by atoms with Crippen LogP contribution in [0.2, 0.25) is 0 Å². The van der Waals surface area contributed by atoms with Crippen molar-refractivity contribution in [2.24, 2.45) is 22.7 Å². The van der Waals surface area contributed by atoms with Gasteiger partial charge in [0.15, 0.2) is 0 Å². The molecule has 3 aliphatic carbocycles. The Morgan fingerprint density at radius 1 is 1.25 bits per heavy atom. The van der Waals surface area contributed by atoms with Crippen LogP contribution in [0.3, 0.4) is 0 Å². The van der Waals surface area contributed by atoms with Crippen LogP contribution in [0.4, 0.5) is 0 Å². The largest absolute Gasteiger partial charge is 0.423 e. The van der Waals surface area contributed by atoms with Crippen molar-refractivity contribution >= 4 is 5.97 Å². The van der Waals surface area contributed by atoms with Crippen molar-refractivity contribution in [1.82, 2.24) is 0 Å². The predicted octanol–water partition coefficient (Wildman–Crippen LogP) is 3.11. The zero-order chi connectivity index (χ0) is 16.9. The van der Waals surface area contributed by atoms with E-state index in [0.717, 1.165) is 12.0 Å². The van der Waals surface area contributed by atoms with Crippen LogP contribution in [0.5, 0.6) is 0 Å². The number of carbonyl (C=O) groups excluding carboxylic acids is 1. The van der Waals surface area contributed by atoms with Crippen molar-refractivity contribution < 1.29 is 19.4 Å². The van der Waals surface area contributed by atoms with E-state index in [-0.39, 0.29) is 23.7 Å². The van der Waals surface area contributed by atoms with Gasteiger partial charge >= 0.3 is 5.97 Å². The fraction of sp³-hybridized carbons (Fsp3) is 0.750. The first-order valence-electron chi connectivity index (χ1n) is 9.29. The number of hydrogen-bond donors (Lipinski definition) is 1. The number of carbonyl (C=O) groups is 1. The Kier molecular flexibility index (Phi) is 2.74. The molecule has 2 heterocycles. The summed E-state index contributed by atoms with van der Waals surface area (Å²) in [5.74, 6) is 1.25. The minimum atomic E-state index is -0.395. The lowest BCUT2D eigenvalue weighted by Crippen LogP contribution is -2.55. The van der Waals surface area contributed by atoms with Gasteiger partial charge in [0, 0.05) is 11.5 Å². The van der Waals surface area contributed by atoms with E-state index < -0.39 is 5.97 Å². The molecular weight excluding hydrogens is 304 g/mol. The molecule has 2 saturated carbocycles. The molecular formula is C20H26O4. The molecule has 5 atom stereocenters. The van der Waals surface area contributed by atoms with E-state index in [2.05, 4.69) is 26.8 Å². The Morgan fingerprint density at radius 3 is 2.79 bits per heavy atom. The highest BCUT2D eigenvalue weighted by atomic mass is 16.6. The summed E-state index contributed by atoms with van der Waals surface area (Å²) in [5.41, 5.74) is 1.62. The Hall–Kier alpha value is -1.13. The molecule has 5 rings (SSSR count). The average Bonchev–Trinajstić information content (AvgIpc) is 3.13. The highest BCUT2D eigenvalue weighted by molar-refractivity contribution is 5.95. The van der Waals surface area contributed by atoms with E-state index >= 15 is 0 Å². The number of rotatable bonds is 1. The summed E-state index contributed by atoms with van der Waals surface area (Å²) < 4.78 is 11.8. The first kappa shape index (κ1) is 15.2. The maximum absolute atomic E-state index is 12.1. The van der Waals surface area contributed by atoms with Crippen molar-refractivity contribution in [2.75, 3.05) is 6.61 Å². The molecule has 130 valence electrons. The second-order valence-corrected chi connectivity index (χ2v) is 9.34. The summed E-state index contributed by atoms with van der Waals surface area (Å²) in [6.07, 6.45) is 8.12. The molecule has 1 saturated heterocycles. The lowest BCUT2D eigenvalue weighted by molar-refractivity contribution is -0.134. The first-order valence-corrected chi connectivity index (χ1v) is 9.29. The van der Waals surface area contributed by atoms with E-state index in [0.29, 0.717) is 28.6 Å². The number of aliphatic hydroxyl groups excluding tert-OH is 1. The number of esters is 1. The SMILES string of the molecule is CC1(C)CCCC2(C)C1CCC13OC1C1=C(CO)C(=O)OC1=CC23. The molecule has 0 amide bonds. The predicted molar refractivity (Wildman–Crippen MR) is 87.8 cm³/mol. The van der Waals surface area contributed by atoms with E-state index in [1.165, 1.54) is 25.7 Å². The maximum atomic E-state index is 12.1. The molecule has 0 aromatic carbocycles. The van der Waals surface area contributed by atoms with Crippen LogP contribution in [-0.2, 0) is 14.3 Å². The quantitative estimate of drug-likeness (QED) is 0.593. The van der Waals surface area contributed by atoms with Crippen molar-refractivity contribution in [1.29, 1.82) is 0 Å². The highest BCUT2D eigenvalue weighted by Crippen LogP contribution is 2.71. The smallest absolute Gasteiger partial charge is 0.342 e. The van der Waals surface area contributed by atoms with Gasteiger partial charge in [-0.05, 0) is 48.5 Å². The average molecular weight is 330 g/mol. The Labute approximate surface area is 142 Å². The summed E-state index contributed by atoms with van der Waals surface area (Å²) >= 11 is 0. The summed E-state index contributed by atoms with van der Waals surface area (Å²) in [4.78, 5) is 12.1. The van der Waals surface area contributed by atoms with Crippen LogP contribution in [0.1, 0.15) is 52.9 Å². The van der Waals surface area contributed by atoms with Crippen LogP contribution in [0.15, 0.2) is 23.0 Å². The third-order valence-electron chi connectivity index (χ3n) is 7.84. The minimum Gasteiger partial charge on any atom is -0.423 e. The molecule has 0 bridgehead atoms. The summed E-state index contributed by atoms with van der Waals surface area (Å²) in [6, 6.07) is 0. The van der Waals surface area contributed by atoms with Crippen LogP contribution in [0.25, 0.3) is 0 Å². The van der Waals surface area contributed by atoms with E-state index in [4.69, 9.17) is 9.47 Å². The summed E-state index contributed by atoms with van der Waals surface area (Å²) in [7, 11) is 0. The Balaban J connectivity index is 1.63. The molecule has 4 heteroatoms. The number of fused-ring (bicyclic) bond motifs is 4. The summed E-state index contributed by atoms with van der Waals surface area (Å²) in [6.45, 7) is 7.00. The number of aliphatic hydroxyl groups is 1. The van der Waals surface area contributed by atoms with Crippen LogP contribution in [0, 0.1) is 22.7 Å². The second-order valence-electron chi connectivity index (χ2n) is 9.34. The molecule has 24 heavy (non-hydrogen) atoms. The normalized spacial score (nSPS) is 47.9. The zero-order valence-corrected chi connectivity index (χ0v) is 14.7. The third kappa shape index (κ3) is 1.60. The third-order valence-corrected chi connectivity index (χ3v) is 7.84. The van der Waals surface area contributed by atoms with E-state index in [9.17, 15) is 9.90 Å². The van der Waals surface area contributed by atoms with Crippen molar-refractivity contribution in [2.45, 2.75) is 64.6 Å². The van der Waals surface area contributed by atoms with Gasteiger partial charge in [-0.15, -0.1) is 0 Å². The molecule has 0 aromatic rings. The minimum absolute atomic E-state index is 0.0566. The monoisotopic (exact) mass is 330 g/mol. The van der Waals surface area contributed by atoms with E-state index in [1.807, 2.05) is 0 Å². The van der Waals surface area contributed by atoms with Gasteiger partial charge in [0.1, 0.15) is 17.5 Å². The molecule has 1 spiro atoms. The number of epoxide rings is 1. The van der Waals surface area contributed by atoms with Gasteiger partial charge in [0.05, 0.1) is 12.2 Å². The zero-order valence-electron chi connectivity index (χ0n) is 14.7. The molecule has 1 N–H and O–H groups in total. The molecule has 5 aliphatic rings. The first-order chi connectivity index (χ1) is 11.3. The van der Waals surface area contributed by atoms with Gasteiger partial charge in [0.2, 0.25) is 0 Å². The Morgan fingerprint density at radius 2 is 2.04 bits per heavy atom. The fourth-order valence-corrected chi connectivity index (χ4v) is 6.78. The Bertz CT molecular complexity index is 702. The molecule has 5 unspecified atom stereocenters. The van der Waals surface area contributed by atoms with Crippen LogP contribution < -0.4 is 0 Å². The van der Waals surface area contributed by atoms with Gasteiger partial charge in [-0.3, -0.25) is 0 Å². The standard InChI is InChI=1S/C20H26O4/c1-18(2)6-4-7-19(3)13(18)5-8-20-14(19)9-12-15(16(20)24-20)11(10-21)17(22)23-12/h9,13-14,16,21H,4-8,10H2,1-3H3. The molecule has 2 aliphatic heterocycles. The van der Waals surface area contributed by atoms with Gasteiger partial charge in [-0.25, -0.2) is 4.79 Å². The molecule has 3 fully saturated rings. The highest BCUT2D eigenvalue weighted by Gasteiger charge is 2.73. The van der Waals surface area contributed by atoms with Gasteiger partial charge in [-0.2, -0.15) is 0 Å². The van der Waals surface area contributed by atoms with E-state index in [1.54, 1.807) is 0 Å². The van der Waals surface area contributed by atoms with Crippen LogP contribution in [-0.4, -0.2) is 29.4 Å². The molecule has 0 radical (unpaired) electrons. The van der Waals surface area contributed by atoms with Gasteiger partial charge in [-0.1, -0.05) is 27.2 Å².